The molecule has 5 heteroatoms. The molecule has 140 valence electrons. The fourth-order valence-corrected chi connectivity index (χ4v) is 3.33. The average Bonchev–Trinajstić information content (AvgIpc) is 2.63. The normalized spacial score (nSPS) is 10.7. The van der Waals surface area contributed by atoms with Crippen LogP contribution in [0, 0.1) is 13.8 Å². The highest BCUT2D eigenvalue weighted by molar-refractivity contribution is 6.35. The maximum Gasteiger partial charge on any atom is 0.124 e. The molecule has 0 saturated heterocycles. The van der Waals surface area contributed by atoms with Gasteiger partial charge in [0.05, 0.1) is 0 Å². The number of nitrogens with one attached hydrogen (secondary N) is 1. The summed E-state index contributed by atoms with van der Waals surface area (Å²) < 4.78 is 6.00. The van der Waals surface area contributed by atoms with E-state index in [2.05, 4.69) is 37.4 Å². The van der Waals surface area contributed by atoms with E-state index < -0.39 is 0 Å². The molecule has 0 spiro atoms. The lowest BCUT2D eigenvalue weighted by Crippen LogP contribution is -2.04. The Kier molecular flexibility index (Phi) is 6.54. The minimum absolute atomic E-state index is 0.355. The molecular weight excluding hydrogens is 401 g/mol. The first kappa shape index (κ1) is 19.9. The Morgan fingerprint density at radius 2 is 1.52 bits per heavy atom. The largest absolute Gasteiger partial charge is 0.488 e. The van der Waals surface area contributed by atoms with Crippen molar-refractivity contribution in [1.82, 2.24) is 0 Å². The number of ether oxygens (including phenoxy) is 1. The van der Waals surface area contributed by atoms with Crippen LogP contribution in [0.25, 0.3) is 0 Å². The van der Waals surface area contributed by atoms with Gasteiger partial charge in [-0.05, 0) is 67.4 Å². The monoisotopic (exact) mass is 419 g/mol. The van der Waals surface area contributed by atoms with Crippen molar-refractivity contribution in [1.29, 1.82) is 0 Å². The predicted molar refractivity (Wildman–Crippen MR) is 115 cm³/mol. The van der Waals surface area contributed by atoms with Gasteiger partial charge in [0.2, 0.25) is 0 Å². The minimum Gasteiger partial charge on any atom is -0.488 e. The highest BCUT2D eigenvalue weighted by atomic mass is 35.5. The van der Waals surface area contributed by atoms with E-state index in [1.54, 1.807) is 12.1 Å². The van der Waals surface area contributed by atoms with Crippen LogP contribution in [0.5, 0.6) is 5.75 Å². The van der Waals surface area contributed by atoms with E-state index in [-0.39, 0.29) is 0 Å². The zero-order valence-electron chi connectivity index (χ0n) is 15.2. The van der Waals surface area contributed by atoms with Crippen molar-refractivity contribution in [2.75, 3.05) is 5.32 Å². The van der Waals surface area contributed by atoms with Crippen molar-refractivity contribution in [3.63, 3.8) is 0 Å². The van der Waals surface area contributed by atoms with Gasteiger partial charge in [0, 0.05) is 38.4 Å². The number of benzene rings is 3. The molecule has 2 nitrogen and oxygen atoms in total. The van der Waals surface area contributed by atoms with Gasteiger partial charge in [-0.25, -0.2) is 0 Å². The van der Waals surface area contributed by atoms with E-state index in [1.165, 1.54) is 11.1 Å². The molecule has 0 aliphatic rings. The van der Waals surface area contributed by atoms with Gasteiger partial charge in [-0.15, -0.1) is 0 Å². The first-order chi connectivity index (χ1) is 12.9. The van der Waals surface area contributed by atoms with Crippen LogP contribution in [0.2, 0.25) is 15.1 Å². The molecule has 0 fully saturated rings. The summed E-state index contributed by atoms with van der Waals surface area (Å²) in [5, 5.41) is 5.30. The lowest BCUT2D eigenvalue weighted by molar-refractivity contribution is 0.303. The highest BCUT2D eigenvalue weighted by Gasteiger charge is 2.08. The lowest BCUT2D eigenvalue weighted by Gasteiger charge is -2.15. The molecule has 1 N–H and O–H groups in total. The van der Waals surface area contributed by atoms with Gasteiger partial charge in [-0.2, -0.15) is 0 Å². The number of hydrogen-bond donors (Lipinski definition) is 1. The third kappa shape index (κ3) is 5.32. The lowest BCUT2D eigenvalue weighted by atomic mass is 10.1. The van der Waals surface area contributed by atoms with Crippen molar-refractivity contribution < 1.29 is 4.74 Å². The van der Waals surface area contributed by atoms with Crippen LogP contribution in [0.3, 0.4) is 0 Å². The van der Waals surface area contributed by atoms with E-state index in [0.29, 0.717) is 28.2 Å². The predicted octanol–water partition coefficient (Wildman–Crippen LogP) is 7.45. The maximum absolute atomic E-state index is 6.23. The summed E-state index contributed by atoms with van der Waals surface area (Å²) in [6.07, 6.45) is 0. The van der Waals surface area contributed by atoms with Gasteiger partial charge in [-0.3, -0.25) is 0 Å². The fourth-order valence-electron chi connectivity index (χ4n) is 2.67. The van der Waals surface area contributed by atoms with Crippen LogP contribution < -0.4 is 10.1 Å². The second kappa shape index (κ2) is 8.88. The summed E-state index contributed by atoms with van der Waals surface area (Å²) in [7, 11) is 0. The first-order valence-electron chi connectivity index (χ1n) is 8.58. The Morgan fingerprint density at radius 1 is 0.778 bits per heavy atom. The van der Waals surface area contributed by atoms with Crippen LogP contribution in [0.4, 0.5) is 5.69 Å². The van der Waals surface area contributed by atoms with Crippen LogP contribution in [-0.4, -0.2) is 0 Å². The van der Waals surface area contributed by atoms with Crippen molar-refractivity contribution in [3.8, 4) is 5.75 Å². The van der Waals surface area contributed by atoms with Gasteiger partial charge in [0.15, 0.2) is 0 Å². The SMILES string of the molecule is Cc1ccc(NCc2cc(Cl)ccc2OCc2ccc(Cl)cc2Cl)cc1C. The van der Waals surface area contributed by atoms with E-state index in [1.807, 2.05) is 24.3 Å². The Labute approximate surface area is 175 Å². The quantitative estimate of drug-likeness (QED) is 0.447. The number of halogens is 3. The number of anilines is 1. The highest BCUT2D eigenvalue weighted by Crippen LogP contribution is 2.27. The Bertz CT molecular complexity index is 956. The summed E-state index contributed by atoms with van der Waals surface area (Å²) in [6.45, 7) is 5.16. The maximum atomic E-state index is 6.23. The van der Waals surface area contributed by atoms with Crippen molar-refractivity contribution in [3.05, 3.63) is 91.9 Å². The molecule has 0 aromatic heterocycles. The first-order valence-corrected chi connectivity index (χ1v) is 9.72. The molecule has 0 radical (unpaired) electrons. The number of hydrogen-bond acceptors (Lipinski definition) is 2. The zero-order chi connectivity index (χ0) is 19.4. The molecule has 0 unspecified atom stereocenters. The topological polar surface area (TPSA) is 21.3 Å². The molecule has 0 aliphatic carbocycles. The Hall–Kier alpha value is -1.87. The average molecular weight is 421 g/mol. The number of aryl methyl sites for hydroxylation is 2. The van der Waals surface area contributed by atoms with E-state index in [4.69, 9.17) is 39.5 Å². The van der Waals surface area contributed by atoms with Crippen LogP contribution in [0.1, 0.15) is 22.3 Å². The van der Waals surface area contributed by atoms with Gasteiger partial charge < -0.3 is 10.1 Å². The smallest absolute Gasteiger partial charge is 0.124 e. The Balaban J connectivity index is 1.73. The Morgan fingerprint density at radius 3 is 2.26 bits per heavy atom. The van der Waals surface area contributed by atoms with Gasteiger partial charge >= 0.3 is 0 Å². The van der Waals surface area contributed by atoms with Crippen molar-refractivity contribution in [2.24, 2.45) is 0 Å². The molecule has 0 bridgehead atoms. The molecule has 3 rings (SSSR count). The van der Waals surface area contributed by atoms with E-state index >= 15 is 0 Å². The molecule has 0 saturated carbocycles. The molecule has 27 heavy (non-hydrogen) atoms. The molecule has 0 aliphatic heterocycles. The third-order valence-electron chi connectivity index (χ3n) is 4.41. The van der Waals surface area contributed by atoms with Crippen LogP contribution >= 0.6 is 34.8 Å². The van der Waals surface area contributed by atoms with E-state index in [0.717, 1.165) is 22.6 Å². The van der Waals surface area contributed by atoms with Gasteiger partial charge in [-0.1, -0.05) is 46.9 Å². The minimum atomic E-state index is 0.355. The molecule has 0 amide bonds. The molecule has 3 aromatic carbocycles. The van der Waals surface area contributed by atoms with Gasteiger partial charge in [0.25, 0.3) is 0 Å². The second-order valence-electron chi connectivity index (χ2n) is 6.43. The summed E-state index contributed by atoms with van der Waals surface area (Å²) in [4.78, 5) is 0. The summed E-state index contributed by atoms with van der Waals surface area (Å²) in [5.74, 6) is 0.766. The van der Waals surface area contributed by atoms with Crippen molar-refractivity contribution >= 4 is 40.5 Å². The van der Waals surface area contributed by atoms with E-state index in [9.17, 15) is 0 Å². The summed E-state index contributed by atoms with van der Waals surface area (Å²) in [5.41, 5.74) is 5.44. The standard InChI is InChI=1S/C22H20Cl3NO/c1-14-3-7-20(9-15(14)2)26-12-17-10-18(23)6-8-22(17)27-13-16-4-5-19(24)11-21(16)25/h3-11,26H,12-13H2,1-2H3. The summed E-state index contributed by atoms with van der Waals surface area (Å²) >= 11 is 18.4. The molecule has 3 aromatic rings. The third-order valence-corrected chi connectivity index (χ3v) is 5.23. The van der Waals surface area contributed by atoms with Gasteiger partial charge in [0.1, 0.15) is 12.4 Å². The van der Waals surface area contributed by atoms with Crippen molar-refractivity contribution in [2.45, 2.75) is 27.0 Å². The molecule has 0 atom stereocenters. The fraction of sp³-hybridized carbons (Fsp3) is 0.182. The number of rotatable bonds is 6. The summed E-state index contributed by atoms with van der Waals surface area (Å²) in [6, 6.07) is 17.3. The zero-order valence-corrected chi connectivity index (χ0v) is 17.4. The van der Waals surface area contributed by atoms with Crippen LogP contribution in [0.15, 0.2) is 54.6 Å². The second-order valence-corrected chi connectivity index (χ2v) is 7.71. The van der Waals surface area contributed by atoms with Crippen LogP contribution in [-0.2, 0) is 13.2 Å². The molecule has 0 heterocycles. The molecular formula is C22H20Cl3NO.